The number of anilines is 1. The predicted molar refractivity (Wildman–Crippen MR) is 101 cm³/mol. The topological polar surface area (TPSA) is 32.3 Å². The van der Waals surface area contributed by atoms with Gasteiger partial charge in [0.25, 0.3) is 0 Å². The van der Waals surface area contributed by atoms with Gasteiger partial charge < -0.3 is 4.90 Å². The summed E-state index contributed by atoms with van der Waals surface area (Å²) in [5.74, 6) is 0. The maximum absolute atomic E-state index is 13.0. The molecule has 1 aliphatic heterocycles. The monoisotopic (exact) mass is 392 g/mol. The quantitative estimate of drug-likeness (QED) is 0.660. The summed E-state index contributed by atoms with van der Waals surface area (Å²) in [4.78, 5) is 13.1. The number of thiazole rings is 1. The molecule has 0 bridgehead atoms. The number of fused-ring (bicyclic) bond motifs is 1. The van der Waals surface area contributed by atoms with Gasteiger partial charge in [-0.1, -0.05) is 6.07 Å². The lowest BCUT2D eigenvalue weighted by Crippen LogP contribution is -2.30. The molecular weight excluding hydrogens is 373 g/mol. The molecule has 4 rings (SSSR count). The van der Waals surface area contributed by atoms with Crippen molar-refractivity contribution >= 4 is 27.9 Å². The number of alkyl halides is 3. The first-order valence-electron chi connectivity index (χ1n) is 8.81. The Morgan fingerprint density at radius 1 is 1.04 bits per heavy atom. The Bertz CT molecular complexity index is 911. The van der Waals surface area contributed by atoms with Gasteiger partial charge in [0.05, 0.1) is 22.3 Å². The number of pyridine rings is 1. The van der Waals surface area contributed by atoms with Crippen LogP contribution in [0.5, 0.6) is 0 Å². The van der Waals surface area contributed by atoms with Crippen LogP contribution in [0.2, 0.25) is 0 Å². The fourth-order valence-electron chi connectivity index (χ4n) is 3.50. The van der Waals surface area contributed by atoms with Gasteiger partial charge in [0, 0.05) is 55.4 Å². The highest BCUT2D eigenvalue weighted by atomic mass is 32.1. The molecule has 0 radical (unpaired) electrons. The number of nitrogens with zero attached hydrogens (tertiary/aromatic N) is 4. The third-order valence-corrected chi connectivity index (χ3v) is 5.48. The Morgan fingerprint density at radius 3 is 2.70 bits per heavy atom. The van der Waals surface area contributed by atoms with E-state index >= 15 is 0 Å². The van der Waals surface area contributed by atoms with Crippen LogP contribution in [-0.2, 0) is 12.7 Å². The minimum Gasteiger partial charge on any atom is -0.370 e. The van der Waals surface area contributed by atoms with Gasteiger partial charge in [-0.05, 0) is 24.6 Å². The SMILES string of the molecule is FC(F)(F)c1ccc2c(N3CCCN(Cc4cscn4)CC3)ccnc2c1. The molecule has 1 aliphatic rings. The van der Waals surface area contributed by atoms with E-state index in [1.165, 1.54) is 0 Å². The number of hydrogen-bond acceptors (Lipinski definition) is 5. The second kappa shape index (κ2) is 7.44. The van der Waals surface area contributed by atoms with Crippen LogP contribution in [0.4, 0.5) is 18.9 Å². The Balaban J connectivity index is 1.55. The van der Waals surface area contributed by atoms with Crippen LogP contribution in [0.3, 0.4) is 0 Å². The first-order valence-corrected chi connectivity index (χ1v) is 9.75. The van der Waals surface area contributed by atoms with Crippen LogP contribution in [0.25, 0.3) is 10.9 Å². The number of halogens is 3. The minimum absolute atomic E-state index is 0.380. The van der Waals surface area contributed by atoms with Crippen LogP contribution in [-0.4, -0.2) is 41.0 Å². The van der Waals surface area contributed by atoms with E-state index in [1.54, 1.807) is 23.6 Å². The van der Waals surface area contributed by atoms with Crippen molar-refractivity contribution in [3.63, 3.8) is 0 Å². The summed E-state index contributed by atoms with van der Waals surface area (Å²) in [6, 6.07) is 5.70. The molecular formula is C19H19F3N4S. The third kappa shape index (κ3) is 4.06. The van der Waals surface area contributed by atoms with E-state index in [0.29, 0.717) is 5.52 Å². The largest absolute Gasteiger partial charge is 0.416 e. The molecule has 142 valence electrons. The Hall–Kier alpha value is -2.19. The van der Waals surface area contributed by atoms with Crippen molar-refractivity contribution in [2.45, 2.75) is 19.1 Å². The zero-order chi connectivity index (χ0) is 18.9. The van der Waals surface area contributed by atoms with Crippen molar-refractivity contribution in [3.8, 4) is 0 Å². The van der Waals surface area contributed by atoms with Crippen LogP contribution >= 0.6 is 11.3 Å². The number of hydrogen-bond donors (Lipinski definition) is 0. The Morgan fingerprint density at radius 2 is 1.93 bits per heavy atom. The van der Waals surface area contributed by atoms with E-state index in [0.717, 1.165) is 68.0 Å². The van der Waals surface area contributed by atoms with Crippen molar-refractivity contribution in [3.05, 3.63) is 52.6 Å². The van der Waals surface area contributed by atoms with E-state index in [9.17, 15) is 13.2 Å². The molecule has 0 atom stereocenters. The summed E-state index contributed by atoms with van der Waals surface area (Å²) >= 11 is 1.60. The number of benzene rings is 1. The molecule has 1 fully saturated rings. The van der Waals surface area contributed by atoms with E-state index in [2.05, 4.69) is 25.1 Å². The number of aromatic nitrogens is 2. The molecule has 1 aromatic carbocycles. The molecule has 3 heterocycles. The molecule has 27 heavy (non-hydrogen) atoms. The summed E-state index contributed by atoms with van der Waals surface area (Å²) in [5.41, 5.74) is 3.60. The second-order valence-corrected chi connectivity index (χ2v) is 7.37. The zero-order valence-electron chi connectivity index (χ0n) is 14.6. The molecule has 4 nitrogen and oxygen atoms in total. The maximum atomic E-state index is 13.0. The van der Waals surface area contributed by atoms with Crippen LogP contribution in [0, 0.1) is 0 Å². The van der Waals surface area contributed by atoms with Gasteiger partial charge >= 0.3 is 6.18 Å². The van der Waals surface area contributed by atoms with E-state index in [1.807, 2.05) is 11.6 Å². The zero-order valence-corrected chi connectivity index (χ0v) is 15.4. The molecule has 0 saturated carbocycles. The van der Waals surface area contributed by atoms with Gasteiger partial charge in [0.15, 0.2) is 0 Å². The van der Waals surface area contributed by atoms with Gasteiger partial charge in [-0.15, -0.1) is 11.3 Å². The summed E-state index contributed by atoms with van der Waals surface area (Å²) in [7, 11) is 0. The second-order valence-electron chi connectivity index (χ2n) is 6.66. The lowest BCUT2D eigenvalue weighted by Gasteiger charge is -2.25. The van der Waals surface area contributed by atoms with E-state index < -0.39 is 11.7 Å². The maximum Gasteiger partial charge on any atom is 0.416 e. The molecule has 0 aliphatic carbocycles. The fourth-order valence-corrected chi connectivity index (χ4v) is 4.05. The molecule has 2 aromatic heterocycles. The summed E-state index contributed by atoms with van der Waals surface area (Å²) < 4.78 is 38.9. The van der Waals surface area contributed by atoms with Crippen molar-refractivity contribution in [2.24, 2.45) is 0 Å². The van der Waals surface area contributed by atoms with Gasteiger partial charge in [-0.25, -0.2) is 4.98 Å². The average Bonchev–Trinajstić information content (AvgIpc) is 3.04. The third-order valence-electron chi connectivity index (χ3n) is 4.85. The predicted octanol–water partition coefficient (Wildman–Crippen LogP) is 4.42. The molecule has 3 aromatic rings. The van der Waals surface area contributed by atoms with Crippen molar-refractivity contribution in [1.29, 1.82) is 0 Å². The van der Waals surface area contributed by atoms with Crippen molar-refractivity contribution in [1.82, 2.24) is 14.9 Å². The first kappa shape index (κ1) is 18.2. The van der Waals surface area contributed by atoms with Gasteiger partial charge in [-0.3, -0.25) is 9.88 Å². The summed E-state index contributed by atoms with van der Waals surface area (Å²) in [5, 5.41) is 2.83. The normalized spacial score (nSPS) is 16.6. The van der Waals surface area contributed by atoms with Crippen LogP contribution in [0.15, 0.2) is 41.4 Å². The van der Waals surface area contributed by atoms with Crippen LogP contribution in [0.1, 0.15) is 17.7 Å². The fraction of sp³-hybridized carbons (Fsp3) is 0.368. The van der Waals surface area contributed by atoms with Crippen LogP contribution < -0.4 is 4.90 Å². The standard InChI is InChI=1S/C19H19F3N4S/c20-19(21,22)14-2-3-16-17(10-14)23-5-4-18(16)26-7-1-6-25(8-9-26)11-15-12-27-13-24-15/h2-5,10,12-13H,1,6-9,11H2. The molecule has 0 spiro atoms. The van der Waals surface area contributed by atoms with Gasteiger partial charge in [0.1, 0.15) is 0 Å². The lowest BCUT2D eigenvalue weighted by atomic mass is 10.1. The highest BCUT2D eigenvalue weighted by Crippen LogP contribution is 2.33. The van der Waals surface area contributed by atoms with E-state index in [4.69, 9.17) is 0 Å². The van der Waals surface area contributed by atoms with Crippen molar-refractivity contribution in [2.75, 3.05) is 31.1 Å². The molecule has 0 unspecified atom stereocenters. The Labute approximate surface area is 159 Å². The Kier molecular flexibility index (Phi) is 5.01. The van der Waals surface area contributed by atoms with Gasteiger partial charge in [-0.2, -0.15) is 13.2 Å². The minimum atomic E-state index is -4.36. The first-order chi connectivity index (χ1) is 13.0. The summed E-state index contributed by atoms with van der Waals surface area (Å²) in [6.45, 7) is 4.40. The van der Waals surface area contributed by atoms with Crippen molar-refractivity contribution < 1.29 is 13.2 Å². The molecule has 1 saturated heterocycles. The number of rotatable bonds is 3. The van der Waals surface area contributed by atoms with Gasteiger partial charge in [0.2, 0.25) is 0 Å². The smallest absolute Gasteiger partial charge is 0.370 e. The highest BCUT2D eigenvalue weighted by molar-refractivity contribution is 7.07. The molecule has 0 N–H and O–H groups in total. The lowest BCUT2D eigenvalue weighted by molar-refractivity contribution is -0.137. The molecule has 8 heteroatoms. The average molecular weight is 392 g/mol. The summed E-state index contributed by atoms with van der Waals surface area (Å²) in [6.07, 6.45) is -1.77. The molecule has 0 amide bonds. The highest BCUT2D eigenvalue weighted by Gasteiger charge is 2.31. The van der Waals surface area contributed by atoms with E-state index in [-0.39, 0.29) is 0 Å².